The minimum atomic E-state index is -0.732. The molecule has 0 aromatic heterocycles. The van der Waals surface area contributed by atoms with Crippen molar-refractivity contribution in [1.82, 2.24) is 10.2 Å². The van der Waals surface area contributed by atoms with Crippen LogP contribution in [-0.2, 0) is 19.1 Å². The number of piperidine rings is 1. The highest BCUT2D eigenvalue weighted by molar-refractivity contribution is 5.87. The van der Waals surface area contributed by atoms with Gasteiger partial charge in [0.2, 0.25) is 11.8 Å². The van der Waals surface area contributed by atoms with Gasteiger partial charge in [0.25, 0.3) is 0 Å². The summed E-state index contributed by atoms with van der Waals surface area (Å²) in [6, 6.07) is 5.24. The number of rotatable bonds is 5. The second-order valence-electron chi connectivity index (χ2n) is 12.0. The first kappa shape index (κ1) is 26.7. The van der Waals surface area contributed by atoms with Crippen LogP contribution >= 0.6 is 0 Å². The van der Waals surface area contributed by atoms with Gasteiger partial charge in [-0.2, -0.15) is 0 Å². The molecule has 0 saturated carbocycles. The molecule has 0 spiro atoms. The zero-order valence-corrected chi connectivity index (χ0v) is 22.9. The summed E-state index contributed by atoms with van der Waals surface area (Å²) in [6.07, 6.45) is 1.17. The number of nitrogens with one attached hydrogen (secondary N) is 1. The third-order valence-corrected chi connectivity index (χ3v) is 7.65. The van der Waals surface area contributed by atoms with Crippen LogP contribution in [0.15, 0.2) is 18.2 Å². The second kappa shape index (κ2) is 9.86. The summed E-state index contributed by atoms with van der Waals surface area (Å²) in [6.45, 7) is 14.5. The zero-order chi connectivity index (χ0) is 26.4. The van der Waals surface area contributed by atoms with Gasteiger partial charge >= 0.3 is 0 Å². The van der Waals surface area contributed by atoms with Gasteiger partial charge in [-0.15, -0.1) is 0 Å². The maximum atomic E-state index is 13.6. The molecule has 2 fully saturated rings. The monoisotopic (exact) mass is 502 g/mol. The number of amides is 2. The minimum absolute atomic E-state index is 0.0608. The second-order valence-corrected chi connectivity index (χ2v) is 12.0. The van der Waals surface area contributed by atoms with Gasteiger partial charge in [0.05, 0.1) is 31.0 Å². The van der Waals surface area contributed by atoms with Crippen molar-refractivity contribution in [2.45, 2.75) is 96.9 Å². The largest absolute Gasteiger partial charge is 0.493 e. The number of fused-ring (bicyclic) bond motifs is 4. The lowest BCUT2D eigenvalue weighted by Crippen LogP contribution is -2.60. The number of carbonyl (C=O) groups excluding carboxylic acids is 2. The molecule has 8 nitrogen and oxygen atoms in total. The zero-order valence-electron chi connectivity index (χ0n) is 22.9. The third kappa shape index (κ3) is 5.35. The average molecular weight is 503 g/mol. The smallest absolute Gasteiger partial charge is 0.247 e. The molecule has 4 rings (SSSR count). The molecule has 0 unspecified atom stereocenters. The standard InChI is InChI=1S/C28H42N2O6/c1-16(35-27(3,4)5)23(29-17(2)31)26(32)30-13-12-21-18(15-30)14-20-24(34-21)19-10-9-11-22(33-8)25(19)36-28(20,6)7/h9-11,16,18,20-21,23-24H,12-15H2,1-8H3,(H,29,31)/t16-,18+,20-,21-,23+,24+/m1/s1. The maximum absolute atomic E-state index is 13.6. The molecule has 8 heteroatoms. The van der Waals surface area contributed by atoms with Crippen molar-refractivity contribution in [2.24, 2.45) is 11.8 Å². The number of carbonyl (C=O) groups is 2. The molecule has 1 aromatic rings. The molecule has 1 aromatic carbocycles. The van der Waals surface area contributed by atoms with Crippen LogP contribution in [0.1, 0.15) is 73.0 Å². The number of hydrogen-bond acceptors (Lipinski definition) is 6. The van der Waals surface area contributed by atoms with Crippen molar-refractivity contribution in [3.8, 4) is 11.5 Å². The van der Waals surface area contributed by atoms with Crippen molar-refractivity contribution >= 4 is 11.8 Å². The van der Waals surface area contributed by atoms with Crippen LogP contribution in [0.2, 0.25) is 0 Å². The molecule has 36 heavy (non-hydrogen) atoms. The lowest BCUT2D eigenvalue weighted by Gasteiger charge is -2.53. The predicted molar refractivity (Wildman–Crippen MR) is 136 cm³/mol. The number of nitrogens with zero attached hydrogens (tertiary/aromatic N) is 1. The highest BCUT2D eigenvalue weighted by atomic mass is 16.5. The molecular weight excluding hydrogens is 460 g/mol. The minimum Gasteiger partial charge on any atom is -0.493 e. The first-order chi connectivity index (χ1) is 16.8. The highest BCUT2D eigenvalue weighted by Gasteiger charge is 2.52. The molecule has 3 aliphatic heterocycles. The van der Waals surface area contributed by atoms with Crippen molar-refractivity contribution in [1.29, 1.82) is 0 Å². The molecule has 2 saturated heterocycles. The first-order valence-electron chi connectivity index (χ1n) is 13.1. The Balaban J connectivity index is 1.52. The van der Waals surface area contributed by atoms with E-state index in [1.54, 1.807) is 7.11 Å². The Morgan fingerprint density at radius 3 is 2.61 bits per heavy atom. The van der Waals surface area contributed by atoms with Crippen LogP contribution in [0.3, 0.4) is 0 Å². The summed E-state index contributed by atoms with van der Waals surface area (Å²) in [5, 5.41) is 2.83. The molecule has 1 N–H and O–H groups in total. The van der Waals surface area contributed by atoms with Gasteiger partial charge in [-0.3, -0.25) is 9.59 Å². The van der Waals surface area contributed by atoms with E-state index < -0.39 is 23.3 Å². The van der Waals surface area contributed by atoms with Crippen LogP contribution in [-0.4, -0.2) is 66.4 Å². The van der Waals surface area contributed by atoms with E-state index in [0.29, 0.717) is 13.1 Å². The van der Waals surface area contributed by atoms with Gasteiger partial charge in [0, 0.05) is 37.4 Å². The normalized spacial score (nSPS) is 28.5. The molecule has 200 valence electrons. The summed E-state index contributed by atoms with van der Waals surface area (Å²) in [5.74, 6) is 1.48. The Bertz CT molecular complexity index is 987. The van der Waals surface area contributed by atoms with Gasteiger partial charge in [-0.1, -0.05) is 12.1 Å². The topological polar surface area (TPSA) is 86.3 Å². The van der Waals surface area contributed by atoms with Gasteiger partial charge in [0.1, 0.15) is 11.6 Å². The van der Waals surface area contributed by atoms with Crippen molar-refractivity contribution < 1.29 is 28.5 Å². The van der Waals surface area contributed by atoms with Gasteiger partial charge in [0.15, 0.2) is 11.5 Å². The van der Waals surface area contributed by atoms with Crippen LogP contribution in [0.4, 0.5) is 0 Å². The summed E-state index contributed by atoms with van der Waals surface area (Å²) in [7, 11) is 1.66. The van der Waals surface area contributed by atoms with Crippen molar-refractivity contribution in [2.75, 3.05) is 20.2 Å². The fourth-order valence-corrected chi connectivity index (χ4v) is 6.07. The number of methoxy groups -OCH3 is 1. The molecule has 0 bridgehead atoms. The van der Waals surface area contributed by atoms with Crippen LogP contribution in [0.25, 0.3) is 0 Å². The van der Waals surface area contributed by atoms with Gasteiger partial charge in [-0.05, 0) is 60.5 Å². The van der Waals surface area contributed by atoms with Crippen LogP contribution < -0.4 is 14.8 Å². The Kier molecular flexibility index (Phi) is 7.32. The van der Waals surface area contributed by atoms with Gasteiger partial charge in [-0.25, -0.2) is 0 Å². The average Bonchev–Trinajstić information content (AvgIpc) is 2.79. The summed E-state index contributed by atoms with van der Waals surface area (Å²) in [5.41, 5.74) is 0.160. The Morgan fingerprint density at radius 1 is 1.25 bits per heavy atom. The van der Waals surface area contributed by atoms with E-state index in [1.807, 2.05) is 44.7 Å². The van der Waals surface area contributed by atoms with Crippen molar-refractivity contribution in [3.05, 3.63) is 23.8 Å². The lowest BCUT2D eigenvalue weighted by molar-refractivity contribution is -0.190. The maximum Gasteiger partial charge on any atom is 0.247 e. The lowest BCUT2D eigenvalue weighted by atomic mass is 9.70. The molecule has 0 radical (unpaired) electrons. The van der Waals surface area contributed by atoms with E-state index in [9.17, 15) is 9.59 Å². The predicted octanol–water partition coefficient (Wildman–Crippen LogP) is 3.87. The van der Waals surface area contributed by atoms with E-state index >= 15 is 0 Å². The summed E-state index contributed by atoms with van der Waals surface area (Å²) >= 11 is 0. The molecule has 3 heterocycles. The Morgan fingerprint density at radius 2 is 1.97 bits per heavy atom. The fraction of sp³-hybridized carbons (Fsp3) is 0.714. The fourth-order valence-electron chi connectivity index (χ4n) is 6.07. The first-order valence-corrected chi connectivity index (χ1v) is 13.1. The summed E-state index contributed by atoms with van der Waals surface area (Å²) in [4.78, 5) is 27.4. The number of ether oxygens (including phenoxy) is 4. The quantitative estimate of drug-likeness (QED) is 0.658. The number of para-hydroxylation sites is 1. The van der Waals surface area contributed by atoms with Crippen LogP contribution in [0.5, 0.6) is 11.5 Å². The Hall–Kier alpha value is -2.32. The molecular formula is C28H42N2O6. The third-order valence-electron chi connectivity index (χ3n) is 7.65. The number of likely N-dealkylation sites (tertiary alicyclic amines) is 1. The molecule has 3 aliphatic rings. The molecule has 0 aliphatic carbocycles. The van der Waals surface area contributed by atoms with E-state index in [2.05, 4.69) is 25.2 Å². The van der Waals surface area contributed by atoms with Gasteiger partial charge < -0.3 is 29.2 Å². The SMILES string of the molecule is COc1cccc2c1OC(C)(C)[C@@H]1C[C@H]3CN(C(=O)[C@@H](NC(C)=O)[C@@H](C)OC(C)(C)C)CC[C@H]3O[C@@H]21. The Labute approximate surface area is 215 Å². The van der Waals surface area contributed by atoms with E-state index in [4.69, 9.17) is 18.9 Å². The molecule has 6 atom stereocenters. The van der Waals surface area contributed by atoms with E-state index in [0.717, 1.165) is 29.9 Å². The van der Waals surface area contributed by atoms with Crippen LogP contribution in [0, 0.1) is 11.8 Å². The highest BCUT2D eigenvalue weighted by Crippen LogP contribution is 2.55. The number of benzene rings is 1. The van der Waals surface area contributed by atoms with E-state index in [-0.39, 0.29) is 35.9 Å². The summed E-state index contributed by atoms with van der Waals surface area (Å²) < 4.78 is 24.9. The van der Waals surface area contributed by atoms with E-state index in [1.165, 1.54) is 6.92 Å². The number of hydrogen-bond donors (Lipinski definition) is 1. The molecule has 2 amide bonds. The van der Waals surface area contributed by atoms with Crippen molar-refractivity contribution in [3.63, 3.8) is 0 Å².